The predicted molar refractivity (Wildman–Crippen MR) is 108 cm³/mol. The molecular formula is C20H23ClFN3O3. The Hall–Kier alpha value is -2.51. The molecule has 0 aromatic heterocycles. The van der Waals surface area contributed by atoms with Gasteiger partial charge in [0.2, 0.25) is 0 Å². The van der Waals surface area contributed by atoms with E-state index in [0.29, 0.717) is 29.5 Å². The summed E-state index contributed by atoms with van der Waals surface area (Å²) in [5, 5.41) is 3.44. The van der Waals surface area contributed by atoms with E-state index in [2.05, 4.69) is 10.2 Å². The van der Waals surface area contributed by atoms with Crippen LogP contribution in [0.25, 0.3) is 0 Å². The monoisotopic (exact) mass is 407 g/mol. The van der Waals surface area contributed by atoms with E-state index in [-0.39, 0.29) is 18.3 Å². The molecule has 0 unspecified atom stereocenters. The van der Waals surface area contributed by atoms with Crippen molar-refractivity contribution < 1.29 is 18.7 Å². The van der Waals surface area contributed by atoms with E-state index >= 15 is 0 Å². The van der Waals surface area contributed by atoms with Gasteiger partial charge < -0.3 is 24.6 Å². The number of rotatable bonds is 5. The molecular weight excluding hydrogens is 385 g/mol. The fourth-order valence-electron chi connectivity index (χ4n) is 3.05. The third-order valence-electron chi connectivity index (χ3n) is 4.53. The van der Waals surface area contributed by atoms with Gasteiger partial charge in [0.15, 0.2) is 11.6 Å². The maximum absolute atomic E-state index is 13.9. The summed E-state index contributed by atoms with van der Waals surface area (Å²) in [7, 11) is 3.06. The van der Waals surface area contributed by atoms with Crippen LogP contribution in [0.1, 0.15) is 5.56 Å². The van der Waals surface area contributed by atoms with Gasteiger partial charge in [-0.3, -0.25) is 0 Å². The first-order valence-corrected chi connectivity index (χ1v) is 9.32. The zero-order valence-electron chi connectivity index (χ0n) is 15.9. The van der Waals surface area contributed by atoms with Gasteiger partial charge in [0.1, 0.15) is 0 Å². The van der Waals surface area contributed by atoms with E-state index in [1.165, 1.54) is 18.1 Å². The number of nitrogens with one attached hydrogen (secondary N) is 1. The van der Waals surface area contributed by atoms with E-state index in [1.54, 1.807) is 31.3 Å². The molecule has 2 aromatic carbocycles. The lowest BCUT2D eigenvalue weighted by Crippen LogP contribution is -2.37. The van der Waals surface area contributed by atoms with Gasteiger partial charge in [-0.15, -0.1) is 0 Å². The first-order valence-electron chi connectivity index (χ1n) is 8.94. The number of carbonyl (C=O) groups excluding carboxylic acids is 1. The fourth-order valence-corrected chi connectivity index (χ4v) is 3.23. The standard InChI is InChI=1S/C20H23ClFN3O3/c1-24(13-14-3-6-19(27-2)16(22)11-14)20(26)23-17-12-15(21)4-5-18(17)25-7-9-28-10-8-25/h3-6,11-12H,7-10,13H2,1-2H3,(H,23,26). The first-order chi connectivity index (χ1) is 13.5. The summed E-state index contributed by atoms with van der Waals surface area (Å²) in [6, 6.07) is 9.74. The molecule has 1 aliphatic rings. The summed E-state index contributed by atoms with van der Waals surface area (Å²) in [5.74, 6) is -0.289. The number of halogens is 2. The second kappa shape index (κ2) is 9.12. The highest BCUT2D eigenvalue weighted by Gasteiger charge is 2.18. The van der Waals surface area contributed by atoms with Gasteiger partial charge >= 0.3 is 6.03 Å². The molecule has 1 N–H and O–H groups in total. The second-order valence-corrected chi connectivity index (χ2v) is 6.95. The normalized spacial score (nSPS) is 13.9. The van der Waals surface area contributed by atoms with Crippen LogP contribution in [-0.4, -0.2) is 51.4 Å². The SMILES string of the molecule is COc1ccc(CN(C)C(=O)Nc2cc(Cl)ccc2N2CCOCC2)cc1F. The number of hydrogen-bond donors (Lipinski definition) is 1. The van der Waals surface area contributed by atoms with Crippen LogP contribution < -0.4 is 15.0 Å². The topological polar surface area (TPSA) is 54.0 Å². The summed E-state index contributed by atoms with van der Waals surface area (Å²) in [6.07, 6.45) is 0. The van der Waals surface area contributed by atoms with Crippen molar-refractivity contribution in [3.05, 3.63) is 52.8 Å². The number of morpholine rings is 1. The molecule has 6 nitrogen and oxygen atoms in total. The van der Waals surface area contributed by atoms with Crippen LogP contribution in [0.2, 0.25) is 5.02 Å². The van der Waals surface area contributed by atoms with Gasteiger partial charge in [-0.2, -0.15) is 0 Å². The molecule has 150 valence electrons. The van der Waals surface area contributed by atoms with Crippen molar-refractivity contribution in [3.63, 3.8) is 0 Å². The summed E-state index contributed by atoms with van der Waals surface area (Å²) in [4.78, 5) is 16.3. The van der Waals surface area contributed by atoms with Crippen molar-refractivity contribution in [2.45, 2.75) is 6.54 Å². The Balaban J connectivity index is 1.71. The molecule has 8 heteroatoms. The smallest absolute Gasteiger partial charge is 0.321 e. The number of nitrogens with zero attached hydrogens (tertiary/aromatic N) is 2. The van der Waals surface area contributed by atoms with Gasteiger partial charge in [-0.1, -0.05) is 17.7 Å². The van der Waals surface area contributed by atoms with Gasteiger partial charge in [0, 0.05) is 31.7 Å². The van der Waals surface area contributed by atoms with Crippen molar-refractivity contribution in [1.29, 1.82) is 0 Å². The predicted octanol–water partition coefficient (Wildman–Crippen LogP) is 3.99. The molecule has 2 amide bonds. The van der Waals surface area contributed by atoms with Crippen LogP contribution >= 0.6 is 11.6 Å². The Morgan fingerprint density at radius 1 is 1.29 bits per heavy atom. The van der Waals surface area contributed by atoms with Crippen molar-refractivity contribution in [1.82, 2.24) is 4.90 Å². The molecule has 2 aromatic rings. The van der Waals surface area contributed by atoms with E-state index < -0.39 is 5.82 Å². The zero-order valence-corrected chi connectivity index (χ0v) is 16.6. The molecule has 28 heavy (non-hydrogen) atoms. The molecule has 0 spiro atoms. The Kier molecular flexibility index (Phi) is 6.59. The quantitative estimate of drug-likeness (QED) is 0.814. The number of benzene rings is 2. The number of carbonyl (C=O) groups is 1. The molecule has 0 radical (unpaired) electrons. The van der Waals surface area contributed by atoms with Crippen LogP contribution in [0.4, 0.5) is 20.6 Å². The van der Waals surface area contributed by atoms with E-state index in [0.717, 1.165) is 18.8 Å². The highest BCUT2D eigenvalue weighted by molar-refractivity contribution is 6.31. The lowest BCUT2D eigenvalue weighted by atomic mass is 10.2. The van der Waals surface area contributed by atoms with E-state index in [9.17, 15) is 9.18 Å². The van der Waals surface area contributed by atoms with Crippen molar-refractivity contribution in [2.24, 2.45) is 0 Å². The molecule has 3 rings (SSSR count). The van der Waals surface area contributed by atoms with Crippen molar-refractivity contribution in [3.8, 4) is 5.75 Å². The number of ether oxygens (including phenoxy) is 2. The number of urea groups is 1. The third kappa shape index (κ3) is 4.85. The zero-order chi connectivity index (χ0) is 20.1. The first kappa shape index (κ1) is 20.2. The van der Waals surface area contributed by atoms with Gasteiger partial charge in [0.25, 0.3) is 0 Å². The maximum Gasteiger partial charge on any atom is 0.321 e. The lowest BCUT2D eigenvalue weighted by Gasteiger charge is -2.31. The summed E-state index contributed by atoms with van der Waals surface area (Å²) in [6.45, 7) is 3.01. The van der Waals surface area contributed by atoms with Crippen LogP contribution in [0.3, 0.4) is 0 Å². The second-order valence-electron chi connectivity index (χ2n) is 6.52. The minimum Gasteiger partial charge on any atom is -0.494 e. The number of hydrogen-bond acceptors (Lipinski definition) is 4. The van der Waals surface area contributed by atoms with Gasteiger partial charge in [-0.05, 0) is 35.9 Å². The molecule has 1 fully saturated rings. The Labute approximate surface area is 168 Å². The van der Waals surface area contributed by atoms with E-state index in [4.69, 9.17) is 21.1 Å². The molecule has 0 bridgehead atoms. The minimum absolute atomic E-state index is 0.171. The summed E-state index contributed by atoms with van der Waals surface area (Å²) < 4.78 is 24.2. The van der Waals surface area contributed by atoms with Crippen molar-refractivity contribution >= 4 is 29.0 Å². The fraction of sp³-hybridized carbons (Fsp3) is 0.350. The largest absolute Gasteiger partial charge is 0.494 e. The Morgan fingerprint density at radius 3 is 2.71 bits per heavy atom. The Morgan fingerprint density at radius 2 is 2.04 bits per heavy atom. The molecule has 1 saturated heterocycles. The van der Waals surface area contributed by atoms with E-state index in [1.807, 2.05) is 6.07 Å². The minimum atomic E-state index is -0.460. The highest BCUT2D eigenvalue weighted by Crippen LogP contribution is 2.30. The van der Waals surface area contributed by atoms with Crippen molar-refractivity contribution in [2.75, 3.05) is 50.7 Å². The van der Waals surface area contributed by atoms with Crippen LogP contribution in [0, 0.1) is 5.82 Å². The third-order valence-corrected chi connectivity index (χ3v) is 4.77. The molecule has 0 aliphatic carbocycles. The molecule has 0 atom stereocenters. The molecule has 0 saturated carbocycles. The summed E-state index contributed by atoms with van der Waals surface area (Å²) in [5.41, 5.74) is 2.19. The average molecular weight is 408 g/mol. The summed E-state index contributed by atoms with van der Waals surface area (Å²) >= 11 is 6.13. The van der Waals surface area contributed by atoms with Crippen LogP contribution in [0.5, 0.6) is 5.75 Å². The van der Waals surface area contributed by atoms with Crippen LogP contribution in [-0.2, 0) is 11.3 Å². The molecule has 1 heterocycles. The molecule has 1 aliphatic heterocycles. The Bertz CT molecular complexity index is 843. The van der Waals surface area contributed by atoms with Gasteiger partial charge in [0.05, 0.1) is 31.7 Å². The number of amides is 2. The number of methoxy groups -OCH3 is 1. The average Bonchev–Trinajstić information content (AvgIpc) is 2.69. The van der Waals surface area contributed by atoms with Crippen LogP contribution in [0.15, 0.2) is 36.4 Å². The van der Waals surface area contributed by atoms with Gasteiger partial charge in [-0.25, -0.2) is 9.18 Å². The highest BCUT2D eigenvalue weighted by atomic mass is 35.5. The lowest BCUT2D eigenvalue weighted by molar-refractivity contribution is 0.123. The number of anilines is 2. The maximum atomic E-state index is 13.9.